The summed E-state index contributed by atoms with van der Waals surface area (Å²) in [6.07, 6.45) is 4.54. The SMILES string of the molecule is CC(C)(C)NCc1ccc(CC(C(=O)O)N2CCCC(Cc3ccccc3)C2Cc2ccccc2)cc1. The number of carboxylic acid groups (broad SMARTS) is 1. The van der Waals surface area contributed by atoms with Crippen LogP contribution in [0.4, 0.5) is 0 Å². The van der Waals surface area contributed by atoms with Crippen LogP contribution in [-0.2, 0) is 30.6 Å². The Morgan fingerprint density at radius 2 is 1.43 bits per heavy atom. The molecule has 196 valence electrons. The first-order valence-electron chi connectivity index (χ1n) is 13.7. The molecular formula is C33H42N2O2. The minimum absolute atomic E-state index is 0.0609. The highest BCUT2D eigenvalue weighted by Gasteiger charge is 2.38. The molecule has 0 bridgehead atoms. The highest BCUT2D eigenvalue weighted by molar-refractivity contribution is 5.74. The van der Waals surface area contributed by atoms with Crippen LogP contribution in [0.1, 0.15) is 55.9 Å². The first-order valence-corrected chi connectivity index (χ1v) is 13.7. The van der Waals surface area contributed by atoms with Gasteiger partial charge in [-0.15, -0.1) is 0 Å². The number of aliphatic carboxylic acids is 1. The predicted molar refractivity (Wildman–Crippen MR) is 152 cm³/mol. The van der Waals surface area contributed by atoms with E-state index in [-0.39, 0.29) is 11.6 Å². The smallest absolute Gasteiger partial charge is 0.321 e. The predicted octanol–water partition coefficient (Wildman–Crippen LogP) is 6.14. The number of likely N-dealkylation sites (tertiary alicyclic amines) is 1. The van der Waals surface area contributed by atoms with E-state index >= 15 is 0 Å². The van der Waals surface area contributed by atoms with Crippen LogP contribution in [-0.4, -0.2) is 40.1 Å². The van der Waals surface area contributed by atoms with Crippen LogP contribution in [0.15, 0.2) is 84.9 Å². The van der Waals surface area contributed by atoms with Gasteiger partial charge in [0.25, 0.3) is 0 Å². The van der Waals surface area contributed by atoms with Gasteiger partial charge in [0.15, 0.2) is 0 Å². The minimum Gasteiger partial charge on any atom is -0.480 e. The van der Waals surface area contributed by atoms with Gasteiger partial charge in [-0.3, -0.25) is 9.69 Å². The van der Waals surface area contributed by atoms with E-state index < -0.39 is 12.0 Å². The molecule has 1 fully saturated rings. The van der Waals surface area contributed by atoms with Gasteiger partial charge in [-0.2, -0.15) is 0 Å². The molecule has 4 nitrogen and oxygen atoms in total. The molecule has 37 heavy (non-hydrogen) atoms. The first kappa shape index (κ1) is 27.1. The van der Waals surface area contributed by atoms with Crippen molar-refractivity contribution in [2.75, 3.05) is 6.54 Å². The van der Waals surface area contributed by atoms with Crippen LogP contribution in [0.2, 0.25) is 0 Å². The Bertz CT molecular complexity index is 1110. The van der Waals surface area contributed by atoms with Gasteiger partial charge in [0, 0.05) is 18.1 Å². The van der Waals surface area contributed by atoms with Crippen molar-refractivity contribution in [2.45, 2.75) is 77.0 Å². The highest BCUT2D eigenvalue weighted by atomic mass is 16.4. The van der Waals surface area contributed by atoms with Crippen molar-refractivity contribution >= 4 is 5.97 Å². The second-order valence-corrected chi connectivity index (χ2v) is 11.6. The molecule has 0 spiro atoms. The van der Waals surface area contributed by atoms with Crippen LogP contribution in [0.3, 0.4) is 0 Å². The molecule has 3 aromatic rings. The van der Waals surface area contributed by atoms with E-state index in [4.69, 9.17) is 0 Å². The molecule has 1 aliphatic rings. The number of rotatable bonds is 10. The van der Waals surface area contributed by atoms with Crippen molar-refractivity contribution in [3.05, 3.63) is 107 Å². The second kappa shape index (κ2) is 12.5. The Labute approximate surface area is 222 Å². The third-order valence-electron chi connectivity index (χ3n) is 7.55. The Morgan fingerprint density at radius 1 is 0.865 bits per heavy atom. The zero-order valence-corrected chi connectivity index (χ0v) is 22.6. The zero-order chi connectivity index (χ0) is 26.3. The lowest BCUT2D eigenvalue weighted by molar-refractivity contribution is -0.145. The summed E-state index contributed by atoms with van der Waals surface area (Å²) in [5, 5.41) is 13.9. The lowest BCUT2D eigenvalue weighted by Crippen LogP contribution is -2.55. The zero-order valence-electron chi connectivity index (χ0n) is 22.6. The molecule has 0 aromatic heterocycles. The topological polar surface area (TPSA) is 52.6 Å². The Hall–Kier alpha value is -2.95. The largest absolute Gasteiger partial charge is 0.480 e. The lowest BCUT2D eigenvalue weighted by Gasteiger charge is -2.44. The monoisotopic (exact) mass is 498 g/mol. The summed E-state index contributed by atoms with van der Waals surface area (Å²) in [5.41, 5.74) is 4.96. The number of carbonyl (C=O) groups is 1. The quantitative estimate of drug-likeness (QED) is 0.353. The molecule has 1 aliphatic heterocycles. The normalized spacial score (nSPS) is 19.4. The van der Waals surface area contributed by atoms with E-state index in [0.29, 0.717) is 12.3 Å². The van der Waals surface area contributed by atoms with Crippen LogP contribution < -0.4 is 5.32 Å². The van der Waals surface area contributed by atoms with Gasteiger partial charge >= 0.3 is 5.97 Å². The number of carboxylic acids is 1. The Morgan fingerprint density at radius 3 is 2.00 bits per heavy atom. The maximum absolute atomic E-state index is 12.7. The van der Waals surface area contributed by atoms with Gasteiger partial charge < -0.3 is 10.4 Å². The van der Waals surface area contributed by atoms with Crippen molar-refractivity contribution in [2.24, 2.45) is 5.92 Å². The molecule has 3 atom stereocenters. The summed E-state index contributed by atoms with van der Waals surface area (Å²) in [6.45, 7) is 8.11. The van der Waals surface area contributed by atoms with Crippen molar-refractivity contribution < 1.29 is 9.90 Å². The molecule has 1 saturated heterocycles. The summed E-state index contributed by atoms with van der Waals surface area (Å²) in [7, 11) is 0. The van der Waals surface area contributed by atoms with Crippen molar-refractivity contribution in [1.82, 2.24) is 10.2 Å². The maximum atomic E-state index is 12.7. The summed E-state index contributed by atoms with van der Waals surface area (Å²) < 4.78 is 0. The number of nitrogens with zero attached hydrogens (tertiary/aromatic N) is 1. The van der Waals surface area contributed by atoms with E-state index in [9.17, 15) is 9.90 Å². The van der Waals surface area contributed by atoms with Crippen LogP contribution in [0.5, 0.6) is 0 Å². The fraction of sp³-hybridized carbons (Fsp3) is 0.424. The lowest BCUT2D eigenvalue weighted by atomic mass is 9.80. The molecule has 0 radical (unpaired) electrons. The fourth-order valence-electron chi connectivity index (χ4n) is 5.58. The molecule has 2 N–H and O–H groups in total. The number of hydrogen-bond donors (Lipinski definition) is 2. The number of piperidine rings is 1. The van der Waals surface area contributed by atoms with Crippen molar-refractivity contribution in [3.8, 4) is 0 Å². The van der Waals surface area contributed by atoms with Gasteiger partial charge in [-0.1, -0.05) is 84.9 Å². The average Bonchev–Trinajstić information content (AvgIpc) is 2.88. The van der Waals surface area contributed by atoms with Crippen LogP contribution in [0, 0.1) is 5.92 Å². The minimum atomic E-state index is -0.725. The van der Waals surface area contributed by atoms with Crippen LogP contribution in [0.25, 0.3) is 0 Å². The number of nitrogens with one attached hydrogen (secondary N) is 1. The fourth-order valence-corrected chi connectivity index (χ4v) is 5.58. The molecule has 4 heteroatoms. The second-order valence-electron chi connectivity index (χ2n) is 11.6. The van der Waals surface area contributed by atoms with Crippen LogP contribution >= 0.6 is 0 Å². The Kier molecular flexibility index (Phi) is 9.18. The Balaban J connectivity index is 1.55. The summed E-state index contributed by atoms with van der Waals surface area (Å²) in [4.78, 5) is 15.0. The number of benzene rings is 3. The molecule has 4 rings (SSSR count). The van der Waals surface area contributed by atoms with Gasteiger partial charge in [0.2, 0.25) is 0 Å². The van der Waals surface area contributed by atoms with E-state index in [0.717, 1.165) is 44.3 Å². The molecule has 3 aromatic carbocycles. The number of hydrogen-bond acceptors (Lipinski definition) is 3. The highest BCUT2D eigenvalue weighted by Crippen LogP contribution is 2.32. The molecule has 0 aliphatic carbocycles. The van der Waals surface area contributed by atoms with Crippen molar-refractivity contribution in [3.63, 3.8) is 0 Å². The molecule has 0 amide bonds. The standard InChI is InChI=1S/C33H42N2O2/c1-33(2,3)34-24-28-18-16-27(17-19-28)23-31(32(36)37)35-20-10-15-29(21-25-11-6-4-7-12-25)30(35)22-26-13-8-5-9-14-26/h4-9,11-14,16-19,29-31,34H,10,15,20-24H2,1-3H3,(H,36,37). The third-order valence-corrected chi connectivity index (χ3v) is 7.55. The summed E-state index contributed by atoms with van der Waals surface area (Å²) >= 11 is 0. The van der Waals surface area contributed by atoms with Gasteiger partial charge in [0.1, 0.15) is 6.04 Å². The average molecular weight is 499 g/mol. The molecule has 3 unspecified atom stereocenters. The van der Waals surface area contributed by atoms with Crippen molar-refractivity contribution in [1.29, 1.82) is 0 Å². The van der Waals surface area contributed by atoms with E-state index in [1.54, 1.807) is 0 Å². The molecular weight excluding hydrogens is 456 g/mol. The molecule has 1 heterocycles. The summed E-state index contributed by atoms with van der Waals surface area (Å²) in [6, 6.07) is 29.3. The van der Waals surface area contributed by atoms with Gasteiger partial charge in [-0.25, -0.2) is 0 Å². The maximum Gasteiger partial charge on any atom is 0.321 e. The summed E-state index contributed by atoms with van der Waals surface area (Å²) in [5.74, 6) is -0.305. The van der Waals surface area contributed by atoms with Gasteiger partial charge in [-0.05, 0) is 87.6 Å². The van der Waals surface area contributed by atoms with E-state index in [1.807, 2.05) is 6.07 Å². The third kappa shape index (κ3) is 8.02. The first-order chi connectivity index (χ1) is 17.8. The van der Waals surface area contributed by atoms with E-state index in [1.165, 1.54) is 16.7 Å². The van der Waals surface area contributed by atoms with E-state index in [2.05, 4.69) is 110 Å². The van der Waals surface area contributed by atoms with Gasteiger partial charge in [0.05, 0.1) is 0 Å². The molecule has 0 saturated carbocycles.